The average molecular weight is 269 g/mol. The van der Waals surface area contributed by atoms with E-state index in [-0.39, 0.29) is 16.9 Å². The molecule has 0 aromatic heterocycles. The first-order valence-corrected chi connectivity index (χ1v) is 6.17. The van der Waals surface area contributed by atoms with Crippen LogP contribution in [0.4, 0.5) is 0 Å². The Hall–Kier alpha value is -1.56. The van der Waals surface area contributed by atoms with Crippen molar-refractivity contribution >= 4 is 11.9 Å². The Labute approximate surface area is 112 Å². The van der Waals surface area contributed by atoms with Crippen LogP contribution in [0, 0.1) is 0 Å². The van der Waals surface area contributed by atoms with Crippen LogP contribution in [0.5, 0.6) is 0 Å². The van der Waals surface area contributed by atoms with Crippen LogP contribution in [-0.4, -0.2) is 42.3 Å². The molecule has 0 spiro atoms. The molecular weight excluding hydrogens is 250 g/mol. The number of esters is 2. The summed E-state index contributed by atoms with van der Waals surface area (Å²) in [7, 11) is 2.54. The van der Waals surface area contributed by atoms with Gasteiger partial charge in [0.2, 0.25) is 5.76 Å². The van der Waals surface area contributed by atoms with Gasteiger partial charge in [0.25, 0.3) is 0 Å². The van der Waals surface area contributed by atoms with Crippen molar-refractivity contribution in [1.29, 1.82) is 0 Å². The topological polar surface area (TPSA) is 65.1 Å². The number of hydrogen-bond donors (Lipinski definition) is 0. The maximum absolute atomic E-state index is 12.0. The third-order valence-corrected chi connectivity index (χ3v) is 3.93. The first-order valence-electron chi connectivity index (χ1n) is 6.17. The number of carbonyl (C=O) groups excluding carboxylic acids is 2. The molecule has 0 amide bonds. The van der Waals surface area contributed by atoms with Crippen LogP contribution >= 0.6 is 0 Å². The molecule has 2 aliphatic heterocycles. The zero-order valence-electron chi connectivity index (χ0n) is 11.9. The van der Waals surface area contributed by atoms with Crippen molar-refractivity contribution < 1.29 is 23.9 Å². The molecule has 0 N–H and O–H groups in total. The largest absolute Gasteiger partial charge is 0.465 e. The van der Waals surface area contributed by atoms with E-state index in [1.54, 1.807) is 5.06 Å². The predicted octanol–water partition coefficient (Wildman–Crippen LogP) is 1.16. The third-order valence-electron chi connectivity index (χ3n) is 3.93. The number of hydrogen-bond acceptors (Lipinski definition) is 6. The Morgan fingerprint density at radius 2 is 1.68 bits per heavy atom. The molecular formula is C13H19NO5. The fraction of sp³-hybridized carbons (Fsp3) is 0.692. The fourth-order valence-electron chi connectivity index (χ4n) is 2.90. The standard InChI is InChI=1S/C13H19NO5/c1-12(2)6-7-13(3)8(10(15)17-4)9(11(16)18-5)19-14(12)13/h6-7H2,1-5H3. The fourth-order valence-corrected chi connectivity index (χ4v) is 2.90. The molecule has 1 saturated heterocycles. The van der Waals surface area contributed by atoms with Gasteiger partial charge in [-0.05, 0) is 33.6 Å². The van der Waals surface area contributed by atoms with Gasteiger partial charge in [-0.3, -0.25) is 0 Å². The molecule has 0 aromatic rings. The van der Waals surface area contributed by atoms with Crippen LogP contribution < -0.4 is 0 Å². The lowest BCUT2D eigenvalue weighted by Gasteiger charge is -2.34. The third kappa shape index (κ3) is 1.82. The van der Waals surface area contributed by atoms with Gasteiger partial charge in [0, 0.05) is 0 Å². The molecule has 6 nitrogen and oxygen atoms in total. The van der Waals surface area contributed by atoms with E-state index in [4.69, 9.17) is 9.57 Å². The number of nitrogens with zero attached hydrogens (tertiary/aromatic N) is 1. The number of hydroxylamine groups is 2. The maximum Gasteiger partial charge on any atom is 0.376 e. The summed E-state index contributed by atoms with van der Waals surface area (Å²) in [5, 5.41) is 1.71. The molecule has 0 aliphatic carbocycles. The second kappa shape index (κ2) is 4.23. The van der Waals surface area contributed by atoms with E-state index < -0.39 is 17.5 Å². The monoisotopic (exact) mass is 269 g/mol. The molecule has 0 aromatic carbocycles. The van der Waals surface area contributed by atoms with Gasteiger partial charge in [0.1, 0.15) is 5.57 Å². The second-order valence-corrected chi connectivity index (χ2v) is 5.66. The van der Waals surface area contributed by atoms with E-state index >= 15 is 0 Å². The van der Waals surface area contributed by atoms with Gasteiger partial charge in [-0.15, -0.1) is 5.06 Å². The van der Waals surface area contributed by atoms with E-state index in [2.05, 4.69) is 4.74 Å². The zero-order valence-corrected chi connectivity index (χ0v) is 11.9. The van der Waals surface area contributed by atoms with E-state index in [1.165, 1.54) is 14.2 Å². The minimum atomic E-state index is -0.660. The highest BCUT2D eigenvalue weighted by atomic mass is 16.7. The molecule has 1 unspecified atom stereocenters. The predicted molar refractivity (Wildman–Crippen MR) is 65.7 cm³/mol. The van der Waals surface area contributed by atoms with Crippen molar-refractivity contribution in [1.82, 2.24) is 5.06 Å². The molecule has 0 radical (unpaired) electrons. The van der Waals surface area contributed by atoms with Gasteiger partial charge < -0.3 is 14.3 Å². The summed E-state index contributed by atoms with van der Waals surface area (Å²) in [6, 6.07) is 0. The van der Waals surface area contributed by atoms with E-state index in [1.807, 2.05) is 20.8 Å². The molecule has 106 valence electrons. The maximum atomic E-state index is 12.0. The van der Waals surface area contributed by atoms with Crippen LogP contribution in [-0.2, 0) is 23.9 Å². The minimum absolute atomic E-state index is 0.0652. The molecule has 1 fully saturated rings. The SMILES string of the molecule is COC(=O)C1=C(C(=O)OC)C2(C)CCC(C)(C)N2O1. The summed E-state index contributed by atoms with van der Waals surface area (Å²) in [5.74, 6) is -1.28. The lowest BCUT2D eigenvalue weighted by molar-refractivity contribution is -0.191. The summed E-state index contributed by atoms with van der Waals surface area (Å²) >= 11 is 0. The van der Waals surface area contributed by atoms with Crippen molar-refractivity contribution in [2.45, 2.75) is 44.7 Å². The first-order chi connectivity index (χ1) is 8.78. The van der Waals surface area contributed by atoms with E-state index in [9.17, 15) is 9.59 Å². The van der Waals surface area contributed by atoms with Gasteiger partial charge >= 0.3 is 11.9 Å². The Morgan fingerprint density at radius 3 is 2.21 bits per heavy atom. The van der Waals surface area contributed by atoms with Crippen molar-refractivity contribution in [2.75, 3.05) is 14.2 Å². The summed E-state index contributed by atoms with van der Waals surface area (Å²) in [5.41, 5.74) is -0.670. The summed E-state index contributed by atoms with van der Waals surface area (Å²) in [6.07, 6.45) is 1.57. The Kier molecular flexibility index (Phi) is 3.09. The summed E-state index contributed by atoms with van der Waals surface area (Å²) in [4.78, 5) is 29.4. The van der Waals surface area contributed by atoms with E-state index in [0.717, 1.165) is 6.42 Å². The zero-order chi connectivity index (χ0) is 14.4. The highest BCUT2D eigenvalue weighted by Gasteiger charge is 2.60. The van der Waals surface area contributed by atoms with Crippen LogP contribution in [0.3, 0.4) is 0 Å². The Bertz CT molecular complexity index is 468. The van der Waals surface area contributed by atoms with Gasteiger partial charge in [-0.25, -0.2) is 9.59 Å². The van der Waals surface area contributed by atoms with E-state index in [0.29, 0.717) is 6.42 Å². The Morgan fingerprint density at radius 1 is 1.11 bits per heavy atom. The van der Waals surface area contributed by atoms with Gasteiger partial charge in [0.05, 0.1) is 25.3 Å². The van der Waals surface area contributed by atoms with Crippen LogP contribution in [0.25, 0.3) is 0 Å². The van der Waals surface area contributed by atoms with Crippen LogP contribution in [0.1, 0.15) is 33.6 Å². The molecule has 1 atom stereocenters. The number of fused-ring (bicyclic) bond motifs is 1. The highest BCUT2D eigenvalue weighted by molar-refractivity contribution is 6.01. The lowest BCUT2D eigenvalue weighted by Crippen LogP contribution is -2.47. The molecule has 6 heteroatoms. The van der Waals surface area contributed by atoms with Gasteiger partial charge in [-0.1, -0.05) is 0 Å². The van der Waals surface area contributed by atoms with Gasteiger partial charge in [-0.2, -0.15) is 0 Å². The average Bonchev–Trinajstić information content (AvgIpc) is 2.80. The second-order valence-electron chi connectivity index (χ2n) is 5.66. The van der Waals surface area contributed by atoms with Crippen LogP contribution in [0.2, 0.25) is 0 Å². The molecule has 2 heterocycles. The molecule has 0 bridgehead atoms. The normalized spacial score (nSPS) is 28.9. The minimum Gasteiger partial charge on any atom is -0.465 e. The number of ether oxygens (including phenoxy) is 2. The smallest absolute Gasteiger partial charge is 0.376 e. The quantitative estimate of drug-likeness (QED) is 0.701. The summed E-state index contributed by atoms with van der Waals surface area (Å²) in [6.45, 7) is 5.89. The van der Waals surface area contributed by atoms with Crippen molar-refractivity contribution in [3.63, 3.8) is 0 Å². The lowest BCUT2D eigenvalue weighted by atomic mass is 9.89. The number of methoxy groups -OCH3 is 2. The molecule has 19 heavy (non-hydrogen) atoms. The molecule has 2 aliphatic rings. The molecule has 0 saturated carbocycles. The van der Waals surface area contributed by atoms with Crippen molar-refractivity contribution in [3.05, 3.63) is 11.3 Å². The number of carbonyl (C=O) groups is 2. The Balaban J connectivity index is 2.52. The van der Waals surface area contributed by atoms with Crippen molar-refractivity contribution in [2.24, 2.45) is 0 Å². The highest BCUT2D eigenvalue weighted by Crippen LogP contribution is 2.51. The summed E-state index contributed by atoms with van der Waals surface area (Å²) < 4.78 is 9.47. The van der Waals surface area contributed by atoms with Crippen LogP contribution in [0.15, 0.2) is 11.3 Å². The van der Waals surface area contributed by atoms with Crippen molar-refractivity contribution in [3.8, 4) is 0 Å². The molecule has 2 rings (SSSR count). The number of rotatable bonds is 2. The first kappa shape index (κ1) is 13.9. The van der Waals surface area contributed by atoms with Gasteiger partial charge in [0.15, 0.2) is 0 Å².